The molecule has 0 spiro atoms. The lowest BCUT2D eigenvalue weighted by Crippen LogP contribution is -1.95. The third-order valence-corrected chi connectivity index (χ3v) is 4.99. The SMILES string of the molecule is ClCc1ccc(OCc2ccccc2)cc1.OCc1ccc(OCc2ccccc2)cc1. The zero-order chi connectivity index (χ0) is 22.4. The van der Waals surface area contributed by atoms with Crippen LogP contribution in [0.5, 0.6) is 11.5 Å². The van der Waals surface area contributed by atoms with Gasteiger partial charge in [-0.3, -0.25) is 0 Å². The van der Waals surface area contributed by atoms with E-state index in [2.05, 4.69) is 0 Å². The van der Waals surface area contributed by atoms with Crippen LogP contribution in [-0.2, 0) is 25.7 Å². The highest BCUT2D eigenvalue weighted by atomic mass is 35.5. The van der Waals surface area contributed by atoms with Crippen LogP contribution in [0.4, 0.5) is 0 Å². The van der Waals surface area contributed by atoms with E-state index in [4.69, 9.17) is 26.2 Å². The average Bonchev–Trinajstić information content (AvgIpc) is 2.88. The summed E-state index contributed by atoms with van der Waals surface area (Å²) in [6.07, 6.45) is 0. The van der Waals surface area contributed by atoms with Crippen LogP contribution in [0.25, 0.3) is 0 Å². The monoisotopic (exact) mass is 446 g/mol. The van der Waals surface area contributed by atoms with Gasteiger partial charge in [0.05, 0.1) is 6.61 Å². The van der Waals surface area contributed by atoms with E-state index >= 15 is 0 Å². The van der Waals surface area contributed by atoms with Crippen LogP contribution in [-0.4, -0.2) is 5.11 Å². The van der Waals surface area contributed by atoms with Gasteiger partial charge < -0.3 is 14.6 Å². The number of halogens is 1. The molecule has 4 heteroatoms. The number of benzene rings is 4. The summed E-state index contributed by atoms with van der Waals surface area (Å²) in [6.45, 7) is 1.24. The molecule has 3 nitrogen and oxygen atoms in total. The van der Waals surface area contributed by atoms with Crippen molar-refractivity contribution in [1.29, 1.82) is 0 Å². The molecular weight excluding hydrogens is 420 g/mol. The van der Waals surface area contributed by atoms with Crippen molar-refractivity contribution >= 4 is 11.6 Å². The van der Waals surface area contributed by atoms with Gasteiger partial charge in [-0.25, -0.2) is 0 Å². The number of aliphatic hydroxyl groups is 1. The lowest BCUT2D eigenvalue weighted by Gasteiger charge is -2.06. The number of rotatable bonds is 8. The Labute approximate surface area is 194 Å². The molecule has 32 heavy (non-hydrogen) atoms. The second-order valence-corrected chi connectivity index (χ2v) is 7.40. The van der Waals surface area contributed by atoms with Gasteiger partial charge in [0.25, 0.3) is 0 Å². The molecule has 0 unspecified atom stereocenters. The van der Waals surface area contributed by atoms with E-state index in [0.29, 0.717) is 19.1 Å². The smallest absolute Gasteiger partial charge is 0.119 e. The van der Waals surface area contributed by atoms with Gasteiger partial charge >= 0.3 is 0 Å². The largest absolute Gasteiger partial charge is 0.489 e. The van der Waals surface area contributed by atoms with Gasteiger partial charge in [-0.2, -0.15) is 0 Å². The van der Waals surface area contributed by atoms with E-state index in [-0.39, 0.29) is 6.61 Å². The van der Waals surface area contributed by atoms with Crippen LogP contribution >= 0.6 is 11.6 Å². The Hall–Kier alpha value is -3.27. The van der Waals surface area contributed by atoms with Gasteiger partial charge in [0.2, 0.25) is 0 Å². The second-order valence-electron chi connectivity index (χ2n) is 7.13. The highest BCUT2D eigenvalue weighted by Crippen LogP contribution is 2.15. The molecule has 0 fully saturated rings. The van der Waals surface area contributed by atoms with E-state index < -0.39 is 0 Å². The zero-order valence-corrected chi connectivity index (χ0v) is 18.6. The molecule has 164 valence electrons. The van der Waals surface area contributed by atoms with Crippen molar-refractivity contribution in [1.82, 2.24) is 0 Å². The Bertz CT molecular complexity index is 931. The number of ether oxygens (including phenoxy) is 2. The van der Waals surface area contributed by atoms with Crippen LogP contribution in [0, 0.1) is 0 Å². The maximum absolute atomic E-state index is 8.90. The quantitative estimate of drug-likeness (QED) is 0.304. The minimum atomic E-state index is 0.0684. The van der Waals surface area contributed by atoms with Crippen molar-refractivity contribution in [2.24, 2.45) is 0 Å². The molecule has 0 radical (unpaired) electrons. The molecule has 0 bridgehead atoms. The topological polar surface area (TPSA) is 38.7 Å². The summed E-state index contributed by atoms with van der Waals surface area (Å²) in [4.78, 5) is 0. The van der Waals surface area contributed by atoms with E-state index in [1.165, 1.54) is 5.56 Å². The predicted octanol–water partition coefficient (Wildman–Crippen LogP) is 6.76. The normalized spacial score (nSPS) is 10.1. The molecule has 0 aromatic heterocycles. The first-order valence-electron chi connectivity index (χ1n) is 10.4. The predicted molar refractivity (Wildman–Crippen MR) is 130 cm³/mol. The van der Waals surface area contributed by atoms with Gasteiger partial charge in [0.15, 0.2) is 0 Å². The van der Waals surface area contributed by atoms with Crippen molar-refractivity contribution in [3.63, 3.8) is 0 Å². The molecule has 0 heterocycles. The Kier molecular flexibility index (Phi) is 9.66. The maximum atomic E-state index is 8.90. The van der Waals surface area contributed by atoms with Crippen molar-refractivity contribution < 1.29 is 14.6 Å². The van der Waals surface area contributed by atoms with Crippen molar-refractivity contribution in [3.8, 4) is 11.5 Å². The van der Waals surface area contributed by atoms with Crippen LogP contribution in [0.2, 0.25) is 0 Å². The van der Waals surface area contributed by atoms with Crippen molar-refractivity contribution in [3.05, 3.63) is 131 Å². The Morgan fingerprint density at radius 3 is 1.28 bits per heavy atom. The summed E-state index contributed by atoms with van der Waals surface area (Å²) in [7, 11) is 0. The van der Waals surface area contributed by atoms with Crippen LogP contribution in [0.1, 0.15) is 22.3 Å². The molecular formula is C28H27ClO3. The van der Waals surface area contributed by atoms with Gasteiger partial charge in [-0.1, -0.05) is 84.9 Å². The molecule has 0 amide bonds. The zero-order valence-electron chi connectivity index (χ0n) is 17.9. The number of hydrogen-bond donors (Lipinski definition) is 1. The minimum absolute atomic E-state index is 0.0684. The Morgan fingerprint density at radius 2 is 0.906 bits per heavy atom. The number of hydrogen-bond acceptors (Lipinski definition) is 3. The van der Waals surface area contributed by atoms with E-state index in [1.807, 2.05) is 109 Å². The van der Waals surface area contributed by atoms with Crippen LogP contribution < -0.4 is 9.47 Å². The molecule has 4 aromatic rings. The average molecular weight is 447 g/mol. The number of alkyl halides is 1. The third kappa shape index (κ3) is 8.10. The molecule has 4 rings (SSSR count). The second kappa shape index (κ2) is 13.2. The molecule has 0 saturated carbocycles. The first kappa shape index (κ1) is 23.4. The maximum Gasteiger partial charge on any atom is 0.119 e. The molecule has 0 aliphatic carbocycles. The highest BCUT2D eigenvalue weighted by Gasteiger charge is 1.97. The fraction of sp³-hybridized carbons (Fsp3) is 0.143. The van der Waals surface area contributed by atoms with Crippen LogP contribution in [0.15, 0.2) is 109 Å². The number of aliphatic hydroxyl groups excluding tert-OH is 1. The Balaban J connectivity index is 0.000000181. The molecule has 0 atom stereocenters. The Morgan fingerprint density at radius 1 is 0.500 bits per heavy atom. The van der Waals surface area contributed by atoms with E-state index in [1.54, 1.807) is 0 Å². The van der Waals surface area contributed by atoms with Crippen LogP contribution in [0.3, 0.4) is 0 Å². The van der Waals surface area contributed by atoms with Gasteiger partial charge in [-0.15, -0.1) is 11.6 Å². The fourth-order valence-electron chi connectivity index (χ4n) is 2.85. The van der Waals surface area contributed by atoms with Gasteiger partial charge in [0, 0.05) is 5.88 Å². The van der Waals surface area contributed by atoms with Crippen molar-refractivity contribution in [2.75, 3.05) is 0 Å². The summed E-state index contributed by atoms with van der Waals surface area (Å²) >= 11 is 5.71. The summed E-state index contributed by atoms with van der Waals surface area (Å²) < 4.78 is 11.3. The molecule has 0 saturated heterocycles. The van der Waals surface area contributed by atoms with Gasteiger partial charge in [-0.05, 0) is 46.5 Å². The lowest BCUT2D eigenvalue weighted by atomic mass is 10.2. The lowest BCUT2D eigenvalue weighted by molar-refractivity contribution is 0.280. The van der Waals surface area contributed by atoms with Gasteiger partial charge in [0.1, 0.15) is 24.7 Å². The summed E-state index contributed by atoms with van der Waals surface area (Å²) in [5.74, 6) is 2.23. The first-order chi connectivity index (χ1) is 15.8. The minimum Gasteiger partial charge on any atom is -0.489 e. The van der Waals surface area contributed by atoms with E-state index in [9.17, 15) is 0 Å². The molecule has 0 aliphatic heterocycles. The molecule has 4 aromatic carbocycles. The summed E-state index contributed by atoms with van der Waals surface area (Å²) in [6, 6.07) is 35.5. The fourth-order valence-corrected chi connectivity index (χ4v) is 3.03. The standard InChI is InChI=1S/C14H13ClO.C14H14O2/c2*15-10-12-6-8-14(9-7-12)16-11-13-4-2-1-3-5-13/h1-9H,10-11H2;1-9,15H,10-11H2. The third-order valence-electron chi connectivity index (χ3n) is 4.68. The van der Waals surface area contributed by atoms with E-state index in [0.717, 1.165) is 28.2 Å². The molecule has 0 aliphatic rings. The highest BCUT2D eigenvalue weighted by molar-refractivity contribution is 6.17. The molecule has 1 N–H and O–H groups in total. The summed E-state index contributed by atoms with van der Waals surface area (Å²) in [5, 5.41) is 8.90. The first-order valence-corrected chi connectivity index (χ1v) is 11.0. The van der Waals surface area contributed by atoms with Crippen molar-refractivity contribution in [2.45, 2.75) is 25.7 Å². The summed E-state index contributed by atoms with van der Waals surface area (Å²) in [5.41, 5.74) is 4.32.